The minimum Gasteiger partial charge on any atom is -0.485 e. The molecule has 6 nitrogen and oxygen atoms in total. The van der Waals surface area contributed by atoms with Gasteiger partial charge in [0.25, 0.3) is 5.97 Å². The van der Waals surface area contributed by atoms with Crippen LogP contribution >= 0.6 is 0 Å². The molecule has 0 spiro atoms. The van der Waals surface area contributed by atoms with Crippen LogP contribution in [0.1, 0.15) is 96.8 Å². The summed E-state index contributed by atoms with van der Waals surface area (Å²) < 4.78 is 9.35. The van der Waals surface area contributed by atoms with Gasteiger partial charge in [-0.15, -0.1) is 0 Å². The van der Waals surface area contributed by atoms with Gasteiger partial charge in [0, 0.05) is 6.42 Å². The van der Waals surface area contributed by atoms with Gasteiger partial charge in [0.2, 0.25) is 0 Å². The molecule has 0 aromatic carbocycles. The van der Waals surface area contributed by atoms with E-state index in [1.165, 1.54) is 51.4 Å². The summed E-state index contributed by atoms with van der Waals surface area (Å²) in [6.45, 7) is 1.47. The van der Waals surface area contributed by atoms with Gasteiger partial charge in [0.05, 0.1) is 19.3 Å². The van der Waals surface area contributed by atoms with E-state index < -0.39 is 26.0 Å². The Kier molecular flexibility index (Phi) is 20.2. The second-order valence-corrected chi connectivity index (χ2v) is 7.30. The van der Waals surface area contributed by atoms with Gasteiger partial charge in [-0.2, -0.15) is 0 Å². The third-order valence-electron chi connectivity index (χ3n) is 4.52. The first-order valence-electron chi connectivity index (χ1n) is 11.0. The maximum absolute atomic E-state index is 11.5. The lowest BCUT2D eigenvalue weighted by Crippen LogP contribution is -2.31. The first kappa shape index (κ1) is 27.1. The Hall–Kier alpha value is -0.885. The van der Waals surface area contributed by atoms with E-state index in [1.807, 2.05) is 0 Å². The zero-order valence-corrected chi connectivity index (χ0v) is 17.7. The lowest BCUT2D eigenvalue weighted by Gasteiger charge is -2.11. The van der Waals surface area contributed by atoms with E-state index in [1.54, 1.807) is 0 Å². The molecule has 0 bridgehead atoms. The smallest absolute Gasteiger partial charge is 0.485 e. The summed E-state index contributed by atoms with van der Waals surface area (Å²) in [5.74, 6) is -0.524. The van der Waals surface area contributed by atoms with E-state index in [2.05, 4.69) is 23.7 Å². The zero-order valence-electron chi connectivity index (χ0n) is 17.7. The fourth-order valence-corrected chi connectivity index (χ4v) is 2.79. The summed E-state index contributed by atoms with van der Waals surface area (Å²) in [4.78, 5) is 11.5. The molecule has 0 aromatic rings. The van der Waals surface area contributed by atoms with Crippen molar-refractivity contribution in [1.29, 1.82) is 0 Å². The highest BCUT2D eigenvalue weighted by Gasteiger charge is 2.22. The van der Waals surface area contributed by atoms with E-state index in [0.717, 1.165) is 32.1 Å². The number of rotatable bonds is 20. The average Bonchev–Trinajstić information content (AvgIpc) is 2.69. The number of hydrogen-bond acceptors (Lipinski definition) is 6. The van der Waals surface area contributed by atoms with Crippen molar-refractivity contribution in [3.8, 4) is 0 Å². The predicted octanol–water partition coefficient (Wildman–Crippen LogP) is 3.91. The number of allylic oxidation sites excluding steroid dienone is 2. The molecule has 0 saturated heterocycles. The van der Waals surface area contributed by atoms with Crippen LogP contribution in [0, 0.1) is 0 Å². The normalized spacial score (nSPS) is 12.4. The summed E-state index contributed by atoms with van der Waals surface area (Å²) in [7, 11) is -1.70. The molecule has 0 heterocycles. The van der Waals surface area contributed by atoms with Crippen molar-refractivity contribution in [2.45, 2.75) is 103 Å². The fraction of sp³-hybridized carbons (Fsp3) is 0.857. The molecular formula is C21H41BO6. The third-order valence-corrected chi connectivity index (χ3v) is 4.52. The number of carbonyl (C=O) groups excluding carboxylic acids is 1. The molecule has 7 heteroatoms. The second-order valence-electron chi connectivity index (χ2n) is 7.30. The Balaban J connectivity index is 3.35. The number of hydrogen-bond donors (Lipinski definition) is 3. The minimum absolute atomic E-state index is 0.237. The second kappa shape index (κ2) is 20.8. The molecule has 0 amide bonds. The van der Waals surface area contributed by atoms with E-state index >= 15 is 0 Å². The Morgan fingerprint density at radius 2 is 1.46 bits per heavy atom. The topological polar surface area (TPSA) is 96.2 Å². The standard InChI is InChI=1S/C21H41BO6/c1-2-3-4-5-6-7-8-9-10-11-12-13-14-15-16-17-21(25)28-22(26)27-19-20(24)18-23/h9-10,20,23-24,26H,2-8,11-19H2,1H3. The molecule has 0 radical (unpaired) electrons. The number of aliphatic hydroxyl groups excluding tert-OH is 2. The zero-order chi connectivity index (χ0) is 20.9. The van der Waals surface area contributed by atoms with Crippen molar-refractivity contribution in [2.24, 2.45) is 0 Å². The molecular weight excluding hydrogens is 359 g/mol. The van der Waals surface area contributed by atoms with Crippen LogP contribution in [0.5, 0.6) is 0 Å². The summed E-state index contributed by atoms with van der Waals surface area (Å²) in [6.07, 6.45) is 19.2. The Bertz CT molecular complexity index is 378. The summed E-state index contributed by atoms with van der Waals surface area (Å²) in [6, 6.07) is 0. The van der Waals surface area contributed by atoms with Crippen LogP contribution in [0.25, 0.3) is 0 Å². The van der Waals surface area contributed by atoms with Crippen LogP contribution in [0.3, 0.4) is 0 Å². The highest BCUT2D eigenvalue weighted by molar-refractivity contribution is 6.37. The number of unbranched alkanes of at least 4 members (excludes halogenated alkanes) is 11. The molecule has 0 aliphatic rings. The van der Waals surface area contributed by atoms with Crippen LogP contribution < -0.4 is 0 Å². The minimum atomic E-state index is -1.70. The van der Waals surface area contributed by atoms with Gasteiger partial charge in [-0.3, -0.25) is 4.79 Å². The molecule has 1 atom stereocenters. The van der Waals surface area contributed by atoms with Gasteiger partial charge in [-0.1, -0.05) is 70.4 Å². The summed E-state index contributed by atoms with van der Waals surface area (Å²) >= 11 is 0. The SMILES string of the molecule is CCCCCCCCC=CCCCCCCCC(=O)OB(O)OCC(O)CO. The van der Waals surface area contributed by atoms with Gasteiger partial charge in [0.1, 0.15) is 0 Å². The van der Waals surface area contributed by atoms with Crippen molar-refractivity contribution in [2.75, 3.05) is 13.2 Å². The Labute approximate surface area is 171 Å². The monoisotopic (exact) mass is 400 g/mol. The van der Waals surface area contributed by atoms with E-state index in [0.29, 0.717) is 0 Å². The van der Waals surface area contributed by atoms with Crippen molar-refractivity contribution in [3.05, 3.63) is 12.2 Å². The van der Waals surface area contributed by atoms with Crippen molar-refractivity contribution < 1.29 is 29.3 Å². The number of aliphatic hydroxyl groups is 2. The van der Waals surface area contributed by atoms with Crippen LogP contribution in [-0.4, -0.2) is 47.8 Å². The first-order valence-corrected chi connectivity index (χ1v) is 11.0. The highest BCUT2D eigenvalue weighted by atomic mass is 16.7. The van der Waals surface area contributed by atoms with E-state index in [-0.39, 0.29) is 13.0 Å². The van der Waals surface area contributed by atoms with Gasteiger partial charge in [-0.05, 0) is 32.1 Å². The largest absolute Gasteiger partial charge is 0.712 e. The molecule has 3 N–H and O–H groups in total. The molecule has 0 aliphatic heterocycles. The third kappa shape index (κ3) is 19.9. The highest BCUT2D eigenvalue weighted by Crippen LogP contribution is 2.10. The molecule has 0 aliphatic carbocycles. The van der Waals surface area contributed by atoms with Gasteiger partial charge in [-0.25, -0.2) is 0 Å². The van der Waals surface area contributed by atoms with Gasteiger partial charge in [0.15, 0.2) is 0 Å². The maximum Gasteiger partial charge on any atom is 0.712 e. The molecule has 0 rings (SSSR count). The van der Waals surface area contributed by atoms with Crippen LogP contribution in [-0.2, 0) is 14.1 Å². The molecule has 1 unspecified atom stereocenters. The molecule has 0 fully saturated rings. The Morgan fingerprint density at radius 1 is 0.929 bits per heavy atom. The van der Waals surface area contributed by atoms with E-state index in [9.17, 15) is 9.82 Å². The van der Waals surface area contributed by atoms with Crippen molar-refractivity contribution >= 4 is 13.3 Å². The molecule has 28 heavy (non-hydrogen) atoms. The maximum atomic E-state index is 11.5. The van der Waals surface area contributed by atoms with Crippen LogP contribution in [0.4, 0.5) is 0 Å². The lowest BCUT2D eigenvalue weighted by molar-refractivity contribution is -0.137. The fourth-order valence-electron chi connectivity index (χ4n) is 2.79. The molecule has 0 saturated carbocycles. The van der Waals surface area contributed by atoms with Crippen LogP contribution in [0.15, 0.2) is 12.2 Å². The molecule has 0 aromatic heterocycles. The van der Waals surface area contributed by atoms with Gasteiger partial charge < -0.3 is 24.5 Å². The Morgan fingerprint density at radius 3 is 2.04 bits per heavy atom. The lowest BCUT2D eigenvalue weighted by atomic mass is 10.1. The summed E-state index contributed by atoms with van der Waals surface area (Å²) in [5, 5.41) is 27.0. The van der Waals surface area contributed by atoms with Crippen molar-refractivity contribution in [3.63, 3.8) is 0 Å². The predicted molar refractivity (Wildman–Crippen MR) is 113 cm³/mol. The average molecular weight is 400 g/mol. The van der Waals surface area contributed by atoms with Gasteiger partial charge >= 0.3 is 7.32 Å². The number of carbonyl (C=O) groups is 1. The molecule has 164 valence electrons. The first-order chi connectivity index (χ1) is 13.6. The summed E-state index contributed by atoms with van der Waals surface area (Å²) in [5.41, 5.74) is 0. The van der Waals surface area contributed by atoms with Crippen LogP contribution in [0.2, 0.25) is 0 Å². The quantitative estimate of drug-likeness (QED) is 0.163. The van der Waals surface area contributed by atoms with Crippen molar-refractivity contribution in [1.82, 2.24) is 0 Å². The van der Waals surface area contributed by atoms with E-state index in [4.69, 9.17) is 14.9 Å².